The SMILES string of the molecule is C=C1CC(C=Nc2cc(OCCCC(=O)Nc3cn(C)c(C=O)n3)c(C)cc2C)N(C=O)C1. The Hall–Kier alpha value is -3.75. The Morgan fingerprint density at radius 3 is 2.82 bits per heavy atom. The molecular weight excluding hydrogens is 422 g/mol. The molecule has 2 amide bonds. The summed E-state index contributed by atoms with van der Waals surface area (Å²) < 4.78 is 7.45. The quantitative estimate of drug-likeness (QED) is 0.259. The van der Waals surface area contributed by atoms with Gasteiger partial charge in [-0.25, -0.2) is 4.98 Å². The van der Waals surface area contributed by atoms with Crippen LogP contribution >= 0.6 is 0 Å². The van der Waals surface area contributed by atoms with E-state index in [0.29, 0.717) is 43.8 Å². The number of carbonyl (C=O) groups excluding carboxylic acids is 3. The standard InChI is InChI=1S/C24H29N5O4/c1-16-8-19(29(12-16)15-31)11-25-20-10-21(18(3)9-17(20)2)33-7-5-6-24(32)27-22-13-28(4)23(14-30)26-22/h9-11,13-15,19H,1,5-8,12H2,2-4H3,(H,27,32). The van der Waals surface area contributed by atoms with Crippen LogP contribution in [0, 0.1) is 13.8 Å². The largest absolute Gasteiger partial charge is 0.493 e. The molecule has 1 unspecified atom stereocenters. The summed E-state index contributed by atoms with van der Waals surface area (Å²) in [5, 5.41) is 2.68. The van der Waals surface area contributed by atoms with E-state index in [1.807, 2.05) is 26.0 Å². The molecule has 0 saturated carbocycles. The molecule has 0 radical (unpaired) electrons. The summed E-state index contributed by atoms with van der Waals surface area (Å²) in [7, 11) is 1.69. The van der Waals surface area contributed by atoms with Crippen LogP contribution in [-0.2, 0) is 16.6 Å². The number of anilines is 1. The van der Waals surface area contributed by atoms with Crippen LogP contribution in [0.2, 0.25) is 0 Å². The minimum Gasteiger partial charge on any atom is -0.493 e. The number of hydrogen-bond acceptors (Lipinski definition) is 6. The van der Waals surface area contributed by atoms with Crippen molar-refractivity contribution in [2.24, 2.45) is 12.0 Å². The minimum absolute atomic E-state index is 0.0831. The van der Waals surface area contributed by atoms with E-state index < -0.39 is 0 Å². The summed E-state index contributed by atoms with van der Waals surface area (Å²) in [6.45, 7) is 8.83. The number of aldehydes is 1. The molecule has 1 aromatic carbocycles. The molecule has 3 rings (SSSR count). The topological polar surface area (TPSA) is 106 Å². The maximum Gasteiger partial charge on any atom is 0.225 e. The lowest BCUT2D eigenvalue weighted by molar-refractivity contribution is -0.118. The first-order chi connectivity index (χ1) is 15.8. The number of amides is 2. The van der Waals surface area contributed by atoms with Gasteiger partial charge in [0.25, 0.3) is 0 Å². The lowest BCUT2D eigenvalue weighted by atomic mass is 10.1. The first-order valence-corrected chi connectivity index (χ1v) is 10.7. The van der Waals surface area contributed by atoms with E-state index in [1.54, 1.807) is 28.9 Å². The number of aliphatic imine (C=N–C) groups is 1. The van der Waals surface area contributed by atoms with Crippen molar-refractivity contribution in [3.63, 3.8) is 0 Å². The molecule has 9 heteroatoms. The molecule has 2 aromatic rings. The third-order valence-electron chi connectivity index (χ3n) is 5.44. The van der Waals surface area contributed by atoms with Gasteiger partial charge in [-0.2, -0.15) is 0 Å². The van der Waals surface area contributed by atoms with Gasteiger partial charge in [-0.3, -0.25) is 19.4 Å². The zero-order chi connectivity index (χ0) is 24.0. The Morgan fingerprint density at radius 2 is 2.12 bits per heavy atom. The van der Waals surface area contributed by atoms with Gasteiger partial charge in [-0.05, 0) is 37.8 Å². The number of nitrogens with one attached hydrogen (secondary N) is 1. The van der Waals surface area contributed by atoms with Gasteiger partial charge >= 0.3 is 0 Å². The third-order valence-corrected chi connectivity index (χ3v) is 5.44. The van der Waals surface area contributed by atoms with Crippen LogP contribution in [0.5, 0.6) is 5.75 Å². The first kappa shape index (κ1) is 23.9. The Labute approximate surface area is 193 Å². The molecule has 1 aromatic heterocycles. The molecule has 33 heavy (non-hydrogen) atoms. The highest BCUT2D eigenvalue weighted by Crippen LogP contribution is 2.29. The molecule has 1 aliphatic rings. The highest BCUT2D eigenvalue weighted by atomic mass is 16.5. The summed E-state index contributed by atoms with van der Waals surface area (Å²) in [5.41, 5.74) is 3.78. The fourth-order valence-corrected chi connectivity index (χ4v) is 3.66. The van der Waals surface area contributed by atoms with Crippen molar-refractivity contribution in [3.8, 4) is 5.75 Å². The van der Waals surface area contributed by atoms with Crippen molar-refractivity contribution < 1.29 is 19.1 Å². The average molecular weight is 452 g/mol. The molecule has 0 spiro atoms. The van der Waals surface area contributed by atoms with Crippen LogP contribution < -0.4 is 10.1 Å². The molecule has 2 heterocycles. The Balaban J connectivity index is 1.53. The van der Waals surface area contributed by atoms with Crippen LogP contribution in [0.25, 0.3) is 0 Å². The number of nitrogens with zero attached hydrogens (tertiary/aromatic N) is 4. The number of benzene rings is 1. The number of likely N-dealkylation sites (tertiary alicyclic amines) is 1. The third kappa shape index (κ3) is 6.15. The van der Waals surface area contributed by atoms with E-state index in [4.69, 9.17) is 4.74 Å². The Kier molecular flexibility index (Phi) is 7.76. The van der Waals surface area contributed by atoms with Crippen LogP contribution in [0.15, 0.2) is 35.5 Å². The Morgan fingerprint density at radius 1 is 1.33 bits per heavy atom. The fraction of sp³-hybridized carbons (Fsp3) is 0.375. The van der Waals surface area contributed by atoms with E-state index in [1.165, 1.54) is 0 Å². The Bertz CT molecular complexity index is 1090. The summed E-state index contributed by atoms with van der Waals surface area (Å²) in [6.07, 6.45) is 6.33. The van der Waals surface area contributed by atoms with Gasteiger partial charge in [-0.15, -0.1) is 0 Å². The van der Waals surface area contributed by atoms with Gasteiger partial charge in [0, 0.05) is 38.5 Å². The van der Waals surface area contributed by atoms with Crippen molar-refractivity contribution in [2.75, 3.05) is 18.5 Å². The van der Waals surface area contributed by atoms with Crippen LogP contribution in [0.3, 0.4) is 0 Å². The summed E-state index contributed by atoms with van der Waals surface area (Å²) in [4.78, 5) is 44.5. The second-order valence-electron chi connectivity index (χ2n) is 8.19. The number of hydrogen-bond donors (Lipinski definition) is 1. The molecule has 9 nitrogen and oxygen atoms in total. The minimum atomic E-state index is -0.196. The monoisotopic (exact) mass is 451 g/mol. The predicted molar refractivity (Wildman–Crippen MR) is 126 cm³/mol. The van der Waals surface area contributed by atoms with Crippen LogP contribution in [-0.4, -0.2) is 58.5 Å². The van der Waals surface area contributed by atoms with Gasteiger partial charge in [0.15, 0.2) is 17.9 Å². The van der Waals surface area contributed by atoms with E-state index in [2.05, 4.69) is 21.9 Å². The maximum absolute atomic E-state index is 12.1. The van der Waals surface area contributed by atoms with Gasteiger partial charge in [0.05, 0.1) is 18.3 Å². The molecule has 1 fully saturated rings. The van der Waals surface area contributed by atoms with Crippen LogP contribution in [0.1, 0.15) is 41.0 Å². The van der Waals surface area contributed by atoms with Gasteiger partial charge in [-0.1, -0.05) is 18.2 Å². The van der Waals surface area contributed by atoms with Crippen molar-refractivity contribution >= 4 is 36.3 Å². The summed E-state index contributed by atoms with van der Waals surface area (Å²) in [5.74, 6) is 1.11. The molecule has 174 valence electrons. The van der Waals surface area contributed by atoms with Gasteiger partial charge in [0.1, 0.15) is 5.75 Å². The smallest absolute Gasteiger partial charge is 0.225 e. The molecule has 1 aliphatic heterocycles. The number of aromatic nitrogens is 2. The summed E-state index contributed by atoms with van der Waals surface area (Å²) in [6, 6.07) is 3.80. The zero-order valence-corrected chi connectivity index (χ0v) is 19.2. The number of imidazole rings is 1. The number of ether oxygens (including phenoxy) is 1. The van der Waals surface area contributed by atoms with Gasteiger partial charge in [0.2, 0.25) is 12.3 Å². The number of aryl methyl sites for hydroxylation is 3. The van der Waals surface area contributed by atoms with E-state index in [0.717, 1.165) is 28.8 Å². The molecule has 1 N–H and O–H groups in total. The van der Waals surface area contributed by atoms with E-state index in [-0.39, 0.29) is 24.2 Å². The van der Waals surface area contributed by atoms with Crippen molar-refractivity contribution in [3.05, 3.63) is 47.4 Å². The van der Waals surface area contributed by atoms with Crippen molar-refractivity contribution in [2.45, 2.75) is 39.2 Å². The molecule has 0 bridgehead atoms. The van der Waals surface area contributed by atoms with E-state index >= 15 is 0 Å². The van der Waals surface area contributed by atoms with Crippen LogP contribution in [0.4, 0.5) is 11.5 Å². The highest BCUT2D eigenvalue weighted by molar-refractivity contribution is 5.90. The predicted octanol–water partition coefficient (Wildman–Crippen LogP) is 3.14. The molecule has 1 atom stereocenters. The van der Waals surface area contributed by atoms with Crippen molar-refractivity contribution in [1.29, 1.82) is 0 Å². The molecule has 1 saturated heterocycles. The second kappa shape index (κ2) is 10.7. The number of carbonyl (C=O) groups is 3. The molecular formula is C24H29N5O4. The normalized spacial score (nSPS) is 15.8. The lowest BCUT2D eigenvalue weighted by Gasteiger charge is -2.15. The number of rotatable bonds is 10. The average Bonchev–Trinajstić information content (AvgIpc) is 3.32. The molecule has 0 aliphatic carbocycles. The maximum atomic E-state index is 12.1. The second-order valence-corrected chi connectivity index (χ2v) is 8.19. The first-order valence-electron chi connectivity index (χ1n) is 10.7. The lowest BCUT2D eigenvalue weighted by Crippen LogP contribution is -2.28. The van der Waals surface area contributed by atoms with E-state index in [9.17, 15) is 14.4 Å². The van der Waals surface area contributed by atoms with Crippen molar-refractivity contribution in [1.82, 2.24) is 14.5 Å². The van der Waals surface area contributed by atoms with Gasteiger partial charge < -0.3 is 19.5 Å². The highest BCUT2D eigenvalue weighted by Gasteiger charge is 2.24. The zero-order valence-electron chi connectivity index (χ0n) is 19.2. The summed E-state index contributed by atoms with van der Waals surface area (Å²) >= 11 is 0. The fourth-order valence-electron chi connectivity index (χ4n) is 3.66.